The molecule has 9 nitrogen and oxygen atoms in total. The second-order valence-electron chi connectivity index (χ2n) is 4.30. The minimum atomic E-state index is -2.53. The Balaban J connectivity index is 2.32. The van der Waals surface area contributed by atoms with Gasteiger partial charge in [-0.2, -0.15) is 0 Å². The van der Waals surface area contributed by atoms with E-state index in [4.69, 9.17) is 0 Å². The van der Waals surface area contributed by atoms with Gasteiger partial charge in [0.05, 0.1) is 6.08 Å². The fourth-order valence-electron chi connectivity index (χ4n) is 1.81. The van der Waals surface area contributed by atoms with Gasteiger partial charge in [-0.1, -0.05) is 23.1 Å². The van der Waals surface area contributed by atoms with Crippen LogP contribution in [0.5, 0.6) is 0 Å². The lowest BCUT2D eigenvalue weighted by Gasteiger charge is -2.15. The first-order valence-corrected chi connectivity index (χ1v) is 5.87. The third-order valence-corrected chi connectivity index (χ3v) is 2.93. The standard InChI is InChI=1S/C12H10N4O5/c17-14(13-10-5-2-1-3-6-10)11-7-4-8-12(9-11,15(18)19)16(20)21/h1-8H,9H2. The van der Waals surface area contributed by atoms with E-state index in [0.29, 0.717) is 5.69 Å². The van der Waals surface area contributed by atoms with Crippen LogP contribution >= 0.6 is 0 Å². The Hall–Kier alpha value is -3.10. The predicted molar refractivity (Wildman–Crippen MR) is 70.7 cm³/mol. The molecule has 108 valence electrons. The third kappa shape index (κ3) is 2.76. The van der Waals surface area contributed by atoms with Gasteiger partial charge < -0.3 is 5.21 Å². The lowest BCUT2D eigenvalue weighted by molar-refractivity contribution is -0.783. The van der Waals surface area contributed by atoms with E-state index >= 15 is 0 Å². The van der Waals surface area contributed by atoms with Crippen molar-refractivity contribution in [3.8, 4) is 0 Å². The van der Waals surface area contributed by atoms with E-state index < -0.39 is 21.9 Å². The van der Waals surface area contributed by atoms with Gasteiger partial charge in [0.25, 0.3) is 0 Å². The summed E-state index contributed by atoms with van der Waals surface area (Å²) in [7, 11) is 0. The molecule has 0 unspecified atom stereocenters. The van der Waals surface area contributed by atoms with E-state index in [1.54, 1.807) is 30.3 Å². The van der Waals surface area contributed by atoms with Crippen LogP contribution in [0.25, 0.3) is 0 Å². The molecule has 21 heavy (non-hydrogen) atoms. The summed E-state index contributed by atoms with van der Waals surface area (Å²) in [6.07, 6.45) is 2.58. The van der Waals surface area contributed by atoms with E-state index in [0.717, 1.165) is 12.2 Å². The van der Waals surface area contributed by atoms with Crippen molar-refractivity contribution < 1.29 is 14.7 Å². The Morgan fingerprint density at radius 1 is 1.05 bits per heavy atom. The molecule has 0 heterocycles. The van der Waals surface area contributed by atoms with Crippen LogP contribution in [0.4, 0.5) is 5.69 Å². The molecule has 0 N–H and O–H groups in total. The Labute approximate surface area is 118 Å². The van der Waals surface area contributed by atoms with Crippen LogP contribution < -0.4 is 0 Å². The maximum Gasteiger partial charge on any atom is 0.487 e. The largest absolute Gasteiger partial charge is 0.594 e. The fourth-order valence-corrected chi connectivity index (χ4v) is 1.81. The minimum absolute atomic E-state index is 0.158. The summed E-state index contributed by atoms with van der Waals surface area (Å²) in [6.45, 7) is 0. The first-order valence-electron chi connectivity index (χ1n) is 5.87. The Kier molecular flexibility index (Phi) is 3.74. The van der Waals surface area contributed by atoms with Crippen molar-refractivity contribution in [1.29, 1.82) is 0 Å². The van der Waals surface area contributed by atoms with Crippen LogP contribution in [-0.4, -0.2) is 20.4 Å². The molecule has 1 aromatic carbocycles. The van der Waals surface area contributed by atoms with Crippen molar-refractivity contribution in [3.63, 3.8) is 0 Å². The van der Waals surface area contributed by atoms with E-state index in [1.807, 2.05) is 0 Å². The molecule has 1 aliphatic carbocycles. The van der Waals surface area contributed by atoms with Gasteiger partial charge >= 0.3 is 5.66 Å². The van der Waals surface area contributed by atoms with Gasteiger partial charge in [-0.15, -0.1) is 0 Å². The van der Waals surface area contributed by atoms with E-state index in [9.17, 15) is 25.4 Å². The molecule has 1 aliphatic rings. The highest BCUT2D eigenvalue weighted by Gasteiger charge is 2.57. The van der Waals surface area contributed by atoms with E-state index in [-0.39, 0.29) is 10.6 Å². The highest BCUT2D eigenvalue weighted by molar-refractivity contribution is 5.34. The molecule has 0 radical (unpaired) electrons. The number of azo groups is 1. The SMILES string of the molecule is O=[N+]([O-])C1([N+](=O)[O-])C=CC=C([N+]([O-])=Nc2ccccc2)C1. The van der Waals surface area contributed by atoms with Gasteiger partial charge in [-0.05, 0) is 18.2 Å². The highest BCUT2D eigenvalue weighted by Crippen LogP contribution is 2.28. The maximum atomic E-state index is 11.9. The van der Waals surface area contributed by atoms with E-state index in [1.165, 1.54) is 6.08 Å². The number of hydrogen-bond donors (Lipinski definition) is 0. The number of hydrogen-bond acceptors (Lipinski definition) is 6. The Morgan fingerprint density at radius 3 is 2.24 bits per heavy atom. The number of benzene rings is 1. The smallest absolute Gasteiger partial charge is 0.487 e. The summed E-state index contributed by atoms with van der Waals surface area (Å²) in [5, 5.41) is 37.6. The average Bonchev–Trinajstić information content (AvgIpc) is 2.48. The summed E-state index contributed by atoms with van der Waals surface area (Å²) >= 11 is 0. The van der Waals surface area contributed by atoms with Crippen LogP contribution in [0, 0.1) is 25.4 Å². The van der Waals surface area contributed by atoms with Crippen LogP contribution in [0.1, 0.15) is 6.42 Å². The van der Waals surface area contributed by atoms with Crippen molar-refractivity contribution in [3.05, 3.63) is 79.7 Å². The van der Waals surface area contributed by atoms with Crippen LogP contribution in [0.3, 0.4) is 0 Å². The molecule has 0 bridgehead atoms. The predicted octanol–water partition coefficient (Wildman–Crippen LogP) is 2.37. The van der Waals surface area contributed by atoms with Crippen molar-refractivity contribution in [2.75, 3.05) is 0 Å². The molecule has 1 aromatic rings. The highest BCUT2D eigenvalue weighted by atomic mass is 16.7. The summed E-state index contributed by atoms with van der Waals surface area (Å²) in [6, 6.07) is 8.21. The first-order chi connectivity index (χ1) is 9.95. The molecule has 0 aromatic heterocycles. The van der Waals surface area contributed by atoms with Gasteiger partial charge in [0.2, 0.25) is 5.70 Å². The van der Waals surface area contributed by atoms with Crippen molar-refractivity contribution in [2.45, 2.75) is 12.1 Å². The van der Waals surface area contributed by atoms with Crippen LogP contribution in [0.15, 0.2) is 59.4 Å². The average molecular weight is 290 g/mol. The molecular weight excluding hydrogens is 280 g/mol. The molecule has 0 saturated carbocycles. The summed E-state index contributed by atoms with van der Waals surface area (Å²) in [4.78, 5) is 20.1. The van der Waals surface area contributed by atoms with Gasteiger partial charge in [0, 0.05) is 11.2 Å². The van der Waals surface area contributed by atoms with Gasteiger partial charge in [-0.25, -0.2) is 0 Å². The van der Waals surface area contributed by atoms with Crippen LogP contribution in [0.2, 0.25) is 0 Å². The van der Waals surface area contributed by atoms with Crippen molar-refractivity contribution in [2.24, 2.45) is 5.11 Å². The van der Waals surface area contributed by atoms with Crippen molar-refractivity contribution >= 4 is 5.69 Å². The van der Waals surface area contributed by atoms with Gasteiger partial charge in [-0.3, -0.25) is 20.2 Å². The monoisotopic (exact) mass is 290 g/mol. The molecule has 0 atom stereocenters. The molecule has 0 aliphatic heterocycles. The molecule has 0 amide bonds. The zero-order valence-corrected chi connectivity index (χ0v) is 10.7. The number of allylic oxidation sites excluding steroid dienone is 2. The van der Waals surface area contributed by atoms with Gasteiger partial charge in [0.1, 0.15) is 15.5 Å². The molecular formula is C12H10N4O5. The number of rotatable bonds is 4. The zero-order chi connectivity index (χ0) is 15.5. The molecule has 2 rings (SSSR count). The van der Waals surface area contributed by atoms with E-state index in [2.05, 4.69) is 5.11 Å². The topological polar surface area (TPSA) is 125 Å². The zero-order valence-electron chi connectivity index (χ0n) is 10.7. The number of nitro groups is 2. The first kappa shape index (κ1) is 14.3. The molecule has 0 spiro atoms. The molecule has 9 heteroatoms. The summed E-state index contributed by atoms with van der Waals surface area (Å²) in [5.74, 6) is 0. The lowest BCUT2D eigenvalue weighted by atomic mass is 10.00. The summed E-state index contributed by atoms with van der Waals surface area (Å²) < 4.78 is 0. The van der Waals surface area contributed by atoms with Crippen LogP contribution in [-0.2, 0) is 0 Å². The second-order valence-corrected chi connectivity index (χ2v) is 4.30. The maximum absolute atomic E-state index is 11.9. The molecule has 0 saturated heterocycles. The quantitative estimate of drug-likeness (QED) is 0.277. The van der Waals surface area contributed by atoms with Gasteiger partial charge in [0.15, 0.2) is 6.42 Å². The lowest BCUT2D eigenvalue weighted by Crippen LogP contribution is -2.46. The number of nitrogens with zero attached hydrogens (tertiary/aromatic N) is 4. The fraction of sp³-hybridized carbons (Fsp3) is 0.167. The molecule has 0 fully saturated rings. The summed E-state index contributed by atoms with van der Waals surface area (Å²) in [5.41, 5.74) is -2.34. The Bertz CT molecular complexity index is 651. The number of hydroxylamine groups is 1. The normalized spacial score (nSPS) is 17.1. The second kappa shape index (κ2) is 5.49. The minimum Gasteiger partial charge on any atom is -0.594 e. The third-order valence-electron chi connectivity index (χ3n) is 2.93. The van der Waals surface area contributed by atoms with Crippen molar-refractivity contribution in [1.82, 2.24) is 0 Å². The Morgan fingerprint density at radius 2 is 1.67 bits per heavy atom.